The van der Waals surface area contributed by atoms with Gasteiger partial charge >= 0.3 is 0 Å². The van der Waals surface area contributed by atoms with Crippen LogP contribution in [0.1, 0.15) is 57.7 Å². The van der Waals surface area contributed by atoms with Crippen molar-refractivity contribution in [1.82, 2.24) is 10.2 Å². The van der Waals surface area contributed by atoms with Gasteiger partial charge in [-0.1, -0.05) is 79.5 Å². The summed E-state index contributed by atoms with van der Waals surface area (Å²) in [6.45, 7) is 10.8. The zero-order valence-corrected chi connectivity index (χ0v) is 26.2. The molecule has 0 spiro atoms. The Morgan fingerprint density at radius 3 is 2.05 bits per heavy atom. The van der Waals surface area contributed by atoms with E-state index in [0.29, 0.717) is 29.1 Å². The van der Waals surface area contributed by atoms with Crippen molar-refractivity contribution in [3.63, 3.8) is 0 Å². The molecule has 0 unspecified atom stereocenters. The number of carbonyl (C=O) groups is 2. The third-order valence-electron chi connectivity index (χ3n) is 6.71. The second-order valence-corrected chi connectivity index (χ2v) is 13.4. The fourth-order valence-corrected chi connectivity index (χ4v) is 6.23. The van der Waals surface area contributed by atoms with Crippen molar-refractivity contribution in [2.24, 2.45) is 0 Å². The molecule has 0 saturated carbocycles. The van der Waals surface area contributed by atoms with E-state index in [1.54, 1.807) is 54.6 Å². The number of amides is 2. The van der Waals surface area contributed by atoms with E-state index in [2.05, 4.69) is 5.32 Å². The van der Waals surface area contributed by atoms with Crippen LogP contribution >= 0.6 is 11.6 Å². The summed E-state index contributed by atoms with van der Waals surface area (Å²) in [6.07, 6.45) is 0.896. The first-order valence-electron chi connectivity index (χ1n) is 13.8. The van der Waals surface area contributed by atoms with Gasteiger partial charge in [0.1, 0.15) is 12.6 Å². The summed E-state index contributed by atoms with van der Waals surface area (Å²) in [6, 6.07) is 20.0. The van der Waals surface area contributed by atoms with Crippen molar-refractivity contribution in [3.8, 4) is 0 Å². The number of benzene rings is 3. The first kappa shape index (κ1) is 32.2. The zero-order chi connectivity index (χ0) is 30.4. The van der Waals surface area contributed by atoms with E-state index in [1.165, 1.54) is 4.90 Å². The highest BCUT2D eigenvalue weighted by atomic mass is 35.5. The SMILES string of the molecule is CCc1ccccc1N(CC(=O)N(Cc1ccccc1Cl)[C@@H](CC)C(=O)NC(C)(C)C)S(=O)(=O)c1ccc(C)cc1. The molecule has 0 aliphatic carbocycles. The van der Waals surface area contributed by atoms with Crippen molar-refractivity contribution in [3.05, 3.63) is 94.5 Å². The summed E-state index contributed by atoms with van der Waals surface area (Å²) >= 11 is 6.47. The Morgan fingerprint density at radius 2 is 1.49 bits per heavy atom. The fourth-order valence-electron chi connectivity index (χ4n) is 4.59. The quantitative estimate of drug-likeness (QED) is 0.288. The van der Waals surface area contributed by atoms with Crippen LogP contribution in [0.15, 0.2) is 77.7 Å². The number of hydrogen-bond acceptors (Lipinski definition) is 4. The molecule has 3 aromatic rings. The molecule has 41 heavy (non-hydrogen) atoms. The molecule has 0 heterocycles. The van der Waals surface area contributed by atoms with Gasteiger partial charge in [0.2, 0.25) is 11.8 Å². The van der Waals surface area contributed by atoms with Crippen LogP contribution in [0.3, 0.4) is 0 Å². The van der Waals surface area contributed by atoms with Gasteiger partial charge in [-0.2, -0.15) is 0 Å². The van der Waals surface area contributed by atoms with Crippen LogP contribution < -0.4 is 9.62 Å². The number of sulfonamides is 1. The maximum atomic E-state index is 14.2. The molecule has 3 aromatic carbocycles. The van der Waals surface area contributed by atoms with Gasteiger partial charge in [0.15, 0.2) is 0 Å². The molecule has 0 radical (unpaired) electrons. The number of anilines is 1. The normalized spacial score (nSPS) is 12.5. The summed E-state index contributed by atoms with van der Waals surface area (Å²) in [5.41, 5.74) is 2.26. The van der Waals surface area contributed by atoms with Gasteiger partial charge in [-0.15, -0.1) is 0 Å². The third kappa shape index (κ3) is 8.11. The molecule has 0 fully saturated rings. The van der Waals surface area contributed by atoms with E-state index in [9.17, 15) is 18.0 Å². The first-order valence-corrected chi connectivity index (χ1v) is 15.6. The molecular formula is C32H40ClN3O4S. The van der Waals surface area contributed by atoms with Crippen LogP contribution in [0.2, 0.25) is 5.02 Å². The van der Waals surface area contributed by atoms with Crippen molar-refractivity contribution in [2.75, 3.05) is 10.8 Å². The maximum Gasteiger partial charge on any atom is 0.264 e. The molecule has 1 atom stereocenters. The second kappa shape index (κ2) is 13.5. The number of para-hydroxylation sites is 1. The summed E-state index contributed by atoms with van der Waals surface area (Å²) in [5.74, 6) is -0.829. The molecule has 2 amide bonds. The van der Waals surface area contributed by atoms with Crippen LogP contribution in [0.4, 0.5) is 5.69 Å². The maximum absolute atomic E-state index is 14.2. The van der Waals surface area contributed by atoms with Crippen molar-refractivity contribution in [2.45, 2.75) is 77.4 Å². The second-order valence-electron chi connectivity index (χ2n) is 11.1. The fraction of sp³-hybridized carbons (Fsp3) is 0.375. The molecule has 7 nitrogen and oxygen atoms in total. The highest BCUT2D eigenvalue weighted by Crippen LogP contribution is 2.29. The molecular weight excluding hydrogens is 558 g/mol. The minimum atomic E-state index is -4.14. The van der Waals surface area contributed by atoms with Crippen LogP contribution in [0.5, 0.6) is 0 Å². The minimum Gasteiger partial charge on any atom is -0.350 e. The lowest BCUT2D eigenvalue weighted by atomic mass is 10.1. The lowest BCUT2D eigenvalue weighted by Crippen LogP contribution is -2.55. The van der Waals surface area contributed by atoms with E-state index in [0.717, 1.165) is 15.4 Å². The average molecular weight is 598 g/mol. The van der Waals surface area contributed by atoms with Gasteiger partial charge in [0.25, 0.3) is 10.0 Å². The number of aryl methyl sites for hydroxylation is 2. The molecule has 9 heteroatoms. The monoisotopic (exact) mass is 597 g/mol. The Balaban J connectivity index is 2.12. The summed E-state index contributed by atoms with van der Waals surface area (Å²) in [4.78, 5) is 29.2. The standard InChI is InChI=1S/C32H40ClN3O4S/c1-7-24-13-10-12-16-29(24)36(41(39,40)26-19-17-23(3)18-20-26)22-30(37)35(21-25-14-9-11-15-27(25)33)28(8-2)31(38)34-32(4,5)6/h9-20,28H,7-8,21-22H2,1-6H3,(H,34,38)/t28-/m0/s1. The number of halogens is 1. The van der Waals surface area contributed by atoms with Crippen molar-refractivity contribution >= 4 is 39.1 Å². The van der Waals surface area contributed by atoms with Crippen LogP contribution in [0.25, 0.3) is 0 Å². The Hall–Kier alpha value is -3.36. The first-order chi connectivity index (χ1) is 19.3. The van der Waals surface area contributed by atoms with Gasteiger partial charge in [0, 0.05) is 17.1 Å². The van der Waals surface area contributed by atoms with Crippen molar-refractivity contribution in [1.29, 1.82) is 0 Å². The molecule has 3 rings (SSSR count). The van der Waals surface area contributed by atoms with Gasteiger partial charge in [-0.25, -0.2) is 8.42 Å². The Morgan fingerprint density at radius 1 is 0.902 bits per heavy atom. The third-order valence-corrected chi connectivity index (χ3v) is 8.85. The summed E-state index contributed by atoms with van der Waals surface area (Å²) in [7, 11) is -4.14. The van der Waals surface area contributed by atoms with Crippen LogP contribution in [0, 0.1) is 6.92 Å². The van der Waals surface area contributed by atoms with E-state index < -0.39 is 34.1 Å². The molecule has 0 bridgehead atoms. The van der Waals surface area contributed by atoms with Gasteiger partial charge in [0.05, 0.1) is 10.6 Å². The molecule has 1 N–H and O–H groups in total. The van der Waals surface area contributed by atoms with Gasteiger partial charge < -0.3 is 10.2 Å². The van der Waals surface area contributed by atoms with E-state index in [-0.39, 0.29) is 17.3 Å². The zero-order valence-electron chi connectivity index (χ0n) is 24.6. The molecule has 0 aromatic heterocycles. The lowest BCUT2D eigenvalue weighted by molar-refractivity contribution is -0.141. The summed E-state index contributed by atoms with van der Waals surface area (Å²) in [5, 5.41) is 3.43. The molecule has 0 aliphatic heterocycles. The largest absolute Gasteiger partial charge is 0.350 e. The summed E-state index contributed by atoms with van der Waals surface area (Å²) < 4.78 is 29.4. The molecule has 0 aliphatic rings. The predicted octanol–water partition coefficient (Wildman–Crippen LogP) is 6.13. The predicted molar refractivity (Wildman–Crippen MR) is 166 cm³/mol. The van der Waals surface area contributed by atoms with Crippen LogP contribution in [-0.4, -0.2) is 43.3 Å². The highest BCUT2D eigenvalue weighted by molar-refractivity contribution is 7.92. The molecule has 220 valence electrons. The Labute approximate surface area is 249 Å². The Kier molecular flexibility index (Phi) is 10.6. The molecule has 0 saturated heterocycles. The Bertz CT molecular complexity index is 1470. The number of hydrogen-bond donors (Lipinski definition) is 1. The number of nitrogens with zero attached hydrogens (tertiary/aromatic N) is 2. The topological polar surface area (TPSA) is 86.8 Å². The van der Waals surface area contributed by atoms with E-state index >= 15 is 0 Å². The van der Waals surface area contributed by atoms with E-state index in [1.807, 2.05) is 59.7 Å². The van der Waals surface area contributed by atoms with Crippen LogP contribution in [-0.2, 0) is 32.6 Å². The number of carbonyl (C=O) groups excluding carboxylic acids is 2. The minimum absolute atomic E-state index is 0.0441. The number of rotatable bonds is 11. The van der Waals surface area contributed by atoms with E-state index in [4.69, 9.17) is 11.6 Å². The highest BCUT2D eigenvalue weighted by Gasteiger charge is 2.35. The van der Waals surface area contributed by atoms with Crippen molar-refractivity contribution < 1.29 is 18.0 Å². The number of nitrogens with one attached hydrogen (secondary N) is 1. The smallest absolute Gasteiger partial charge is 0.264 e. The average Bonchev–Trinajstić information content (AvgIpc) is 2.91. The van der Waals surface area contributed by atoms with Gasteiger partial charge in [-0.05, 0) is 75.9 Å². The van der Waals surface area contributed by atoms with Gasteiger partial charge in [-0.3, -0.25) is 13.9 Å². The lowest BCUT2D eigenvalue weighted by Gasteiger charge is -2.35.